The minimum atomic E-state index is -0.498. The SMILES string of the molecule is Cn1nc(C=O)c2cc(-c3ccc(F)cc3O)ccc21. The number of carbonyl (C=O) groups excluding carboxylic acids is 1. The summed E-state index contributed by atoms with van der Waals surface area (Å²) in [4.78, 5) is 11.0. The average molecular weight is 270 g/mol. The van der Waals surface area contributed by atoms with Gasteiger partial charge in [0.25, 0.3) is 0 Å². The van der Waals surface area contributed by atoms with Gasteiger partial charge >= 0.3 is 0 Å². The van der Waals surface area contributed by atoms with E-state index < -0.39 is 5.82 Å². The Kier molecular flexibility index (Phi) is 2.75. The molecule has 3 aromatic rings. The zero-order valence-corrected chi connectivity index (χ0v) is 10.7. The van der Waals surface area contributed by atoms with Crippen molar-refractivity contribution in [2.24, 2.45) is 7.05 Å². The van der Waals surface area contributed by atoms with Crippen molar-refractivity contribution in [2.75, 3.05) is 0 Å². The van der Waals surface area contributed by atoms with Gasteiger partial charge in [0.05, 0.1) is 5.52 Å². The normalized spacial score (nSPS) is 10.9. The third-order valence-electron chi connectivity index (χ3n) is 3.26. The number of carbonyl (C=O) groups is 1. The van der Waals surface area contributed by atoms with Crippen LogP contribution >= 0.6 is 0 Å². The molecule has 0 saturated heterocycles. The van der Waals surface area contributed by atoms with Crippen molar-refractivity contribution in [3.8, 4) is 16.9 Å². The molecule has 5 heteroatoms. The number of hydrogen-bond acceptors (Lipinski definition) is 3. The standard InChI is InChI=1S/C15H11FN2O2/c1-18-14-5-2-9(6-12(14)13(8-19)17-18)11-4-3-10(16)7-15(11)20/h2-8,20H,1H3. The fourth-order valence-corrected chi connectivity index (χ4v) is 2.30. The maximum atomic E-state index is 13.0. The van der Waals surface area contributed by atoms with Gasteiger partial charge in [-0.2, -0.15) is 5.10 Å². The van der Waals surface area contributed by atoms with Crippen molar-refractivity contribution in [1.29, 1.82) is 0 Å². The minimum Gasteiger partial charge on any atom is -0.507 e. The van der Waals surface area contributed by atoms with Crippen LogP contribution in [0.4, 0.5) is 4.39 Å². The summed E-state index contributed by atoms with van der Waals surface area (Å²) in [6.45, 7) is 0. The van der Waals surface area contributed by atoms with Crippen LogP contribution in [-0.4, -0.2) is 21.2 Å². The molecule has 1 aromatic heterocycles. The molecule has 100 valence electrons. The summed E-state index contributed by atoms with van der Waals surface area (Å²) >= 11 is 0. The number of aldehydes is 1. The molecule has 0 aliphatic rings. The van der Waals surface area contributed by atoms with Crippen LogP contribution < -0.4 is 0 Å². The van der Waals surface area contributed by atoms with E-state index in [0.717, 1.165) is 11.6 Å². The predicted molar refractivity (Wildman–Crippen MR) is 73.2 cm³/mol. The first-order chi connectivity index (χ1) is 9.60. The quantitative estimate of drug-likeness (QED) is 0.728. The van der Waals surface area contributed by atoms with E-state index in [1.165, 1.54) is 12.1 Å². The second-order valence-electron chi connectivity index (χ2n) is 4.52. The van der Waals surface area contributed by atoms with E-state index in [1.54, 1.807) is 23.9 Å². The molecule has 0 aliphatic carbocycles. The Bertz CT molecular complexity index is 824. The molecule has 0 radical (unpaired) electrons. The number of aromatic hydroxyl groups is 1. The average Bonchev–Trinajstić information content (AvgIpc) is 2.75. The molecule has 1 N–H and O–H groups in total. The number of nitrogens with zero attached hydrogens (tertiary/aromatic N) is 2. The van der Waals surface area contributed by atoms with Gasteiger partial charge in [-0.3, -0.25) is 9.48 Å². The van der Waals surface area contributed by atoms with Gasteiger partial charge < -0.3 is 5.11 Å². The Hall–Kier alpha value is -2.69. The zero-order chi connectivity index (χ0) is 14.3. The van der Waals surface area contributed by atoms with E-state index in [-0.39, 0.29) is 5.75 Å². The van der Waals surface area contributed by atoms with Crippen LogP contribution in [0.15, 0.2) is 36.4 Å². The van der Waals surface area contributed by atoms with E-state index >= 15 is 0 Å². The Morgan fingerprint density at radius 2 is 2.05 bits per heavy atom. The topological polar surface area (TPSA) is 55.1 Å². The van der Waals surface area contributed by atoms with Crippen LogP contribution in [0.5, 0.6) is 5.75 Å². The molecule has 0 fully saturated rings. The monoisotopic (exact) mass is 270 g/mol. The second-order valence-corrected chi connectivity index (χ2v) is 4.52. The number of rotatable bonds is 2. The highest BCUT2D eigenvalue weighted by Crippen LogP contribution is 2.32. The lowest BCUT2D eigenvalue weighted by atomic mass is 10.0. The highest BCUT2D eigenvalue weighted by Gasteiger charge is 2.11. The molecule has 0 amide bonds. The van der Waals surface area contributed by atoms with Crippen LogP contribution in [0.2, 0.25) is 0 Å². The highest BCUT2D eigenvalue weighted by molar-refractivity contribution is 5.97. The predicted octanol–water partition coefficient (Wildman–Crippen LogP) is 2.90. The van der Waals surface area contributed by atoms with Crippen LogP contribution in [-0.2, 0) is 7.05 Å². The summed E-state index contributed by atoms with van der Waals surface area (Å²) in [7, 11) is 1.75. The minimum absolute atomic E-state index is 0.138. The molecule has 0 unspecified atom stereocenters. The lowest BCUT2D eigenvalue weighted by molar-refractivity contribution is 0.111. The van der Waals surface area contributed by atoms with Crippen molar-refractivity contribution >= 4 is 17.2 Å². The Morgan fingerprint density at radius 3 is 2.75 bits per heavy atom. The Balaban J connectivity index is 2.24. The van der Waals surface area contributed by atoms with E-state index in [9.17, 15) is 14.3 Å². The maximum absolute atomic E-state index is 13.0. The number of hydrogen-bond donors (Lipinski definition) is 1. The van der Waals surface area contributed by atoms with Crippen LogP contribution in [0.1, 0.15) is 10.5 Å². The van der Waals surface area contributed by atoms with Crippen LogP contribution in [0.3, 0.4) is 0 Å². The molecule has 3 rings (SSSR count). The molecule has 0 saturated carbocycles. The third kappa shape index (κ3) is 1.84. The third-order valence-corrected chi connectivity index (χ3v) is 3.26. The summed E-state index contributed by atoms with van der Waals surface area (Å²) in [5.41, 5.74) is 2.36. The lowest BCUT2D eigenvalue weighted by Crippen LogP contribution is -1.90. The number of aromatic nitrogens is 2. The van der Waals surface area contributed by atoms with Crippen molar-refractivity contribution in [1.82, 2.24) is 9.78 Å². The molecular weight excluding hydrogens is 259 g/mol. The van der Waals surface area contributed by atoms with E-state index in [4.69, 9.17) is 0 Å². The molecule has 0 aliphatic heterocycles. The van der Waals surface area contributed by atoms with Crippen molar-refractivity contribution in [3.63, 3.8) is 0 Å². The van der Waals surface area contributed by atoms with E-state index in [0.29, 0.717) is 28.5 Å². The van der Waals surface area contributed by atoms with Crippen LogP contribution in [0, 0.1) is 5.82 Å². The Morgan fingerprint density at radius 1 is 1.25 bits per heavy atom. The molecule has 1 heterocycles. The van der Waals surface area contributed by atoms with Crippen molar-refractivity contribution < 1.29 is 14.3 Å². The summed E-state index contributed by atoms with van der Waals surface area (Å²) in [6, 6.07) is 9.22. The van der Waals surface area contributed by atoms with Gasteiger partial charge in [0.1, 0.15) is 17.3 Å². The molecule has 4 nitrogen and oxygen atoms in total. The number of aryl methyl sites for hydroxylation is 1. The maximum Gasteiger partial charge on any atom is 0.170 e. The molecule has 20 heavy (non-hydrogen) atoms. The Labute approximate surface area is 114 Å². The molecule has 0 atom stereocenters. The van der Waals surface area contributed by atoms with E-state index in [1.807, 2.05) is 6.07 Å². The first kappa shape index (κ1) is 12.3. The summed E-state index contributed by atoms with van der Waals surface area (Å²) in [6.07, 6.45) is 0.691. The number of halogens is 1. The second kappa shape index (κ2) is 4.45. The molecule has 0 spiro atoms. The summed E-state index contributed by atoms with van der Waals surface area (Å²) in [5, 5.41) is 14.6. The van der Waals surface area contributed by atoms with Gasteiger partial charge in [-0.1, -0.05) is 6.07 Å². The van der Waals surface area contributed by atoms with E-state index in [2.05, 4.69) is 5.10 Å². The number of benzene rings is 2. The van der Waals surface area contributed by atoms with Gasteiger partial charge in [-0.25, -0.2) is 4.39 Å². The van der Waals surface area contributed by atoms with Gasteiger partial charge in [0.2, 0.25) is 0 Å². The van der Waals surface area contributed by atoms with Gasteiger partial charge in [-0.05, 0) is 29.8 Å². The number of phenols is 1. The van der Waals surface area contributed by atoms with Crippen molar-refractivity contribution in [2.45, 2.75) is 0 Å². The van der Waals surface area contributed by atoms with Gasteiger partial charge in [0.15, 0.2) is 6.29 Å². The highest BCUT2D eigenvalue weighted by atomic mass is 19.1. The van der Waals surface area contributed by atoms with Crippen LogP contribution in [0.25, 0.3) is 22.0 Å². The first-order valence-corrected chi connectivity index (χ1v) is 6.01. The molecular formula is C15H11FN2O2. The summed E-state index contributed by atoms with van der Waals surface area (Å²) in [5.74, 6) is -0.636. The lowest BCUT2D eigenvalue weighted by Gasteiger charge is -2.05. The molecule has 2 aromatic carbocycles. The summed E-state index contributed by atoms with van der Waals surface area (Å²) < 4.78 is 14.6. The number of phenolic OH excluding ortho intramolecular Hbond substituents is 1. The smallest absolute Gasteiger partial charge is 0.170 e. The number of fused-ring (bicyclic) bond motifs is 1. The van der Waals surface area contributed by atoms with Crippen molar-refractivity contribution in [3.05, 3.63) is 47.9 Å². The van der Waals surface area contributed by atoms with Gasteiger partial charge in [0, 0.05) is 24.1 Å². The zero-order valence-electron chi connectivity index (χ0n) is 10.7. The fraction of sp³-hybridized carbons (Fsp3) is 0.0667. The fourth-order valence-electron chi connectivity index (χ4n) is 2.30. The largest absolute Gasteiger partial charge is 0.507 e. The first-order valence-electron chi connectivity index (χ1n) is 6.01. The van der Waals surface area contributed by atoms with Gasteiger partial charge in [-0.15, -0.1) is 0 Å². The molecule has 0 bridgehead atoms.